The minimum atomic E-state index is -0.789. The monoisotopic (exact) mass is 457 g/mol. The third-order valence-corrected chi connectivity index (χ3v) is 7.81. The van der Waals surface area contributed by atoms with E-state index in [-0.39, 0.29) is 23.4 Å². The van der Waals surface area contributed by atoms with Crippen LogP contribution in [0.25, 0.3) is 0 Å². The minimum Gasteiger partial charge on any atom is -0.369 e. The molecule has 1 unspecified atom stereocenters. The predicted octanol–water partition coefficient (Wildman–Crippen LogP) is 3.79. The maximum Gasteiger partial charge on any atom is 0.257 e. The lowest BCUT2D eigenvalue weighted by Crippen LogP contribution is -2.45. The first-order valence-corrected chi connectivity index (χ1v) is 12.4. The lowest BCUT2D eigenvalue weighted by atomic mass is 9.74. The number of guanidine groups is 1. The second kappa shape index (κ2) is 10.2. The van der Waals surface area contributed by atoms with Gasteiger partial charge in [0.15, 0.2) is 5.96 Å². The molecular formula is C25H36FN5O2. The highest BCUT2D eigenvalue weighted by atomic mass is 19.1. The predicted molar refractivity (Wildman–Crippen MR) is 125 cm³/mol. The number of aliphatic imine (C=N–C) groups is 1. The molecule has 2 heterocycles. The van der Waals surface area contributed by atoms with Crippen LogP contribution >= 0.6 is 0 Å². The number of amides is 2. The Bertz CT molecular complexity index is 901. The molecule has 2 fully saturated rings. The minimum absolute atomic E-state index is 0.000556. The quantitative estimate of drug-likeness (QED) is 0.609. The van der Waals surface area contributed by atoms with Crippen LogP contribution in [-0.2, 0) is 4.79 Å². The first-order valence-electron chi connectivity index (χ1n) is 12.4. The molecular weight excluding hydrogens is 421 g/mol. The third kappa shape index (κ3) is 5.36. The summed E-state index contributed by atoms with van der Waals surface area (Å²) in [5, 5.41) is 2.98. The maximum absolute atomic E-state index is 13.9. The Balaban J connectivity index is 1.42. The number of carbonyl (C=O) groups excluding carboxylic acids is 2. The molecule has 0 saturated heterocycles. The summed E-state index contributed by atoms with van der Waals surface area (Å²) in [6.07, 6.45) is 13.6. The summed E-state index contributed by atoms with van der Waals surface area (Å²) in [6.45, 7) is 0. The van der Waals surface area contributed by atoms with Crippen molar-refractivity contribution in [2.24, 2.45) is 22.6 Å². The topological polar surface area (TPSA) is 101 Å². The number of halogens is 1. The number of aromatic nitrogens is 1. The maximum atomic E-state index is 13.9. The van der Waals surface area contributed by atoms with Gasteiger partial charge in [-0.2, -0.15) is 4.39 Å². The lowest BCUT2D eigenvalue weighted by Gasteiger charge is -2.35. The van der Waals surface area contributed by atoms with Crippen LogP contribution in [-0.4, -0.2) is 46.3 Å². The molecule has 3 N–H and O–H groups in total. The van der Waals surface area contributed by atoms with E-state index in [1.54, 1.807) is 13.1 Å². The molecule has 180 valence electrons. The zero-order valence-electron chi connectivity index (χ0n) is 19.6. The normalized spacial score (nSPS) is 28.6. The van der Waals surface area contributed by atoms with Gasteiger partial charge in [-0.25, -0.2) is 9.98 Å². The van der Waals surface area contributed by atoms with Gasteiger partial charge in [0.05, 0.1) is 5.56 Å². The first-order chi connectivity index (χ1) is 15.9. The van der Waals surface area contributed by atoms with Crippen molar-refractivity contribution in [3.63, 3.8) is 0 Å². The fourth-order valence-corrected chi connectivity index (χ4v) is 5.98. The Morgan fingerprint density at radius 3 is 2.67 bits per heavy atom. The molecule has 0 bridgehead atoms. The third-order valence-electron chi connectivity index (χ3n) is 7.81. The molecule has 3 aliphatic rings. The van der Waals surface area contributed by atoms with E-state index < -0.39 is 17.4 Å². The van der Waals surface area contributed by atoms with Crippen molar-refractivity contribution in [3.8, 4) is 0 Å². The fourth-order valence-electron chi connectivity index (χ4n) is 5.98. The first kappa shape index (κ1) is 23.6. The van der Waals surface area contributed by atoms with E-state index in [9.17, 15) is 14.0 Å². The lowest BCUT2D eigenvalue weighted by molar-refractivity contribution is -0.131. The molecule has 0 aromatic carbocycles. The van der Waals surface area contributed by atoms with Gasteiger partial charge in [0, 0.05) is 19.3 Å². The van der Waals surface area contributed by atoms with Gasteiger partial charge in [0.25, 0.3) is 11.8 Å². The number of nitrogens with two attached hydrogens (primary N) is 1. The second-order valence-electron chi connectivity index (χ2n) is 10.2. The van der Waals surface area contributed by atoms with E-state index in [4.69, 9.17) is 10.7 Å². The fraction of sp³-hybridized carbons (Fsp3) is 0.680. The molecule has 8 heteroatoms. The van der Waals surface area contributed by atoms with E-state index in [0.29, 0.717) is 18.3 Å². The summed E-state index contributed by atoms with van der Waals surface area (Å²) < 4.78 is 13.9. The Kier molecular flexibility index (Phi) is 7.29. The highest BCUT2D eigenvalue weighted by Gasteiger charge is 2.48. The molecule has 2 saturated carbocycles. The number of rotatable bonds is 7. The summed E-state index contributed by atoms with van der Waals surface area (Å²) >= 11 is 0. The van der Waals surface area contributed by atoms with E-state index >= 15 is 0 Å². The number of likely N-dealkylation sites (N-methyl/N-ethyl adjacent to an activating group) is 1. The Hall–Kier alpha value is -2.51. The summed E-state index contributed by atoms with van der Waals surface area (Å²) in [4.78, 5) is 35.6. The highest BCUT2D eigenvalue weighted by Crippen LogP contribution is 2.40. The summed E-state index contributed by atoms with van der Waals surface area (Å²) in [7, 11) is 1.70. The summed E-state index contributed by atoms with van der Waals surface area (Å²) in [6, 6.07) is 2.95. The van der Waals surface area contributed by atoms with E-state index in [2.05, 4.69) is 10.3 Å². The molecule has 33 heavy (non-hydrogen) atoms. The summed E-state index contributed by atoms with van der Waals surface area (Å²) in [5.41, 5.74) is 5.26. The number of nitrogens with one attached hydrogen (secondary N) is 1. The van der Waals surface area contributed by atoms with Gasteiger partial charge in [-0.15, -0.1) is 0 Å². The van der Waals surface area contributed by atoms with Crippen molar-refractivity contribution in [1.29, 1.82) is 0 Å². The van der Waals surface area contributed by atoms with Crippen LogP contribution in [0.3, 0.4) is 0 Å². The number of pyridine rings is 1. The summed E-state index contributed by atoms with van der Waals surface area (Å²) in [5.74, 6) is 0.0288. The molecule has 1 aromatic rings. The van der Waals surface area contributed by atoms with Crippen LogP contribution in [0.1, 0.15) is 87.4 Å². The number of hydrogen-bond donors (Lipinski definition) is 2. The van der Waals surface area contributed by atoms with Crippen molar-refractivity contribution >= 4 is 17.8 Å². The van der Waals surface area contributed by atoms with Crippen molar-refractivity contribution in [3.05, 3.63) is 29.8 Å². The molecule has 2 amide bonds. The molecule has 3 atom stereocenters. The van der Waals surface area contributed by atoms with Gasteiger partial charge in [0.2, 0.25) is 5.95 Å². The van der Waals surface area contributed by atoms with Gasteiger partial charge in [0.1, 0.15) is 5.54 Å². The van der Waals surface area contributed by atoms with Crippen LogP contribution in [0.15, 0.2) is 23.3 Å². The van der Waals surface area contributed by atoms with Crippen LogP contribution in [0.2, 0.25) is 0 Å². The van der Waals surface area contributed by atoms with Gasteiger partial charge in [-0.05, 0) is 56.1 Å². The van der Waals surface area contributed by atoms with Crippen molar-refractivity contribution < 1.29 is 14.0 Å². The Labute approximate surface area is 195 Å². The highest BCUT2D eigenvalue weighted by molar-refractivity contribution is 6.06. The molecule has 7 nitrogen and oxygen atoms in total. The van der Waals surface area contributed by atoms with Crippen molar-refractivity contribution in [2.45, 2.75) is 88.6 Å². The largest absolute Gasteiger partial charge is 0.369 e. The number of nitrogens with zero attached hydrogens (tertiary/aromatic N) is 3. The second-order valence-corrected chi connectivity index (χ2v) is 10.2. The molecule has 0 radical (unpaired) electrons. The van der Waals surface area contributed by atoms with Crippen LogP contribution < -0.4 is 11.1 Å². The van der Waals surface area contributed by atoms with Gasteiger partial charge >= 0.3 is 0 Å². The van der Waals surface area contributed by atoms with E-state index in [1.807, 2.05) is 0 Å². The molecule has 1 aliphatic heterocycles. The zero-order valence-corrected chi connectivity index (χ0v) is 19.6. The van der Waals surface area contributed by atoms with Gasteiger partial charge < -0.3 is 11.1 Å². The van der Waals surface area contributed by atoms with E-state index in [1.165, 1.54) is 49.3 Å². The van der Waals surface area contributed by atoms with Crippen LogP contribution in [0.5, 0.6) is 0 Å². The molecule has 2 aliphatic carbocycles. The van der Waals surface area contributed by atoms with Crippen LogP contribution in [0.4, 0.5) is 4.39 Å². The van der Waals surface area contributed by atoms with Gasteiger partial charge in [-0.1, -0.05) is 44.9 Å². The molecule has 1 aromatic heterocycles. The smallest absolute Gasteiger partial charge is 0.257 e. The number of hydrogen-bond acceptors (Lipinski definition) is 5. The Morgan fingerprint density at radius 2 is 1.97 bits per heavy atom. The average molecular weight is 458 g/mol. The molecule has 4 rings (SSSR count). The SMILES string of the molecule is CN1C(=O)C(CCC2CCCCC2)(C[C@H]2CCC[C@@H](NC(=O)c3cccnc3F)C2)N=C1N. The van der Waals surface area contributed by atoms with Gasteiger partial charge in [-0.3, -0.25) is 14.5 Å². The van der Waals surface area contributed by atoms with E-state index in [0.717, 1.165) is 38.5 Å². The number of carbonyl (C=O) groups is 2. The van der Waals surface area contributed by atoms with Crippen molar-refractivity contribution in [2.75, 3.05) is 7.05 Å². The van der Waals surface area contributed by atoms with Crippen LogP contribution in [0, 0.1) is 17.8 Å². The molecule has 0 spiro atoms. The average Bonchev–Trinajstić information content (AvgIpc) is 3.02. The zero-order chi connectivity index (χ0) is 23.4. The standard InChI is InChI=1S/C25H36FN5O2/c1-31-23(33)25(30-24(31)27,13-12-17-7-3-2-4-8-17)16-18-9-5-10-19(15-18)29-22(32)20-11-6-14-28-21(20)26/h6,11,14,17-19H,2-5,7-10,12-13,15-16H2,1H3,(H2,27,30)(H,29,32)/t18-,19+,25?/m0/s1. The van der Waals surface area contributed by atoms with Crippen molar-refractivity contribution in [1.82, 2.24) is 15.2 Å². The Morgan fingerprint density at radius 1 is 1.21 bits per heavy atom.